The second kappa shape index (κ2) is 5.58. The molecular formula is C17H18BrNO. The van der Waals surface area contributed by atoms with E-state index in [-0.39, 0.29) is 5.41 Å². The molecule has 2 aromatic carbocycles. The first-order valence-electron chi connectivity index (χ1n) is 6.90. The van der Waals surface area contributed by atoms with Crippen LogP contribution in [0.3, 0.4) is 0 Å². The summed E-state index contributed by atoms with van der Waals surface area (Å²) in [5.74, 6) is 0.985. The van der Waals surface area contributed by atoms with E-state index in [1.165, 1.54) is 11.1 Å². The highest BCUT2D eigenvalue weighted by molar-refractivity contribution is 9.10. The molecule has 20 heavy (non-hydrogen) atoms. The standard InChI is InChI=1S/C17H18BrNO/c18-14-5-3-4-13(10-14)11-17(12-19)8-9-20-16-7-2-1-6-15(16)17/h1-7,10H,8-9,11-12,19H2. The van der Waals surface area contributed by atoms with Gasteiger partial charge in [-0.05, 0) is 36.6 Å². The Balaban J connectivity index is 2.00. The van der Waals surface area contributed by atoms with E-state index < -0.39 is 0 Å². The van der Waals surface area contributed by atoms with Gasteiger partial charge in [0.2, 0.25) is 0 Å². The molecule has 1 aliphatic rings. The normalized spacial score (nSPS) is 21.1. The number of ether oxygens (including phenoxy) is 1. The first-order chi connectivity index (χ1) is 9.73. The lowest BCUT2D eigenvalue weighted by Crippen LogP contribution is -2.41. The molecule has 1 heterocycles. The highest BCUT2D eigenvalue weighted by Gasteiger charge is 2.36. The summed E-state index contributed by atoms with van der Waals surface area (Å²) in [4.78, 5) is 0. The van der Waals surface area contributed by atoms with Crippen molar-refractivity contribution in [3.63, 3.8) is 0 Å². The van der Waals surface area contributed by atoms with Crippen LogP contribution in [0.4, 0.5) is 0 Å². The molecular weight excluding hydrogens is 314 g/mol. The summed E-state index contributed by atoms with van der Waals surface area (Å²) in [6.45, 7) is 1.38. The fraction of sp³-hybridized carbons (Fsp3) is 0.294. The fourth-order valence-electron chi connectivity index (χ4n) is 3.03. The molecule has 0 fully saturated rings. The van der Waals surface area contributed by atoms with Gasteiger partial charge in [-0.1, -0.05) is 46.3 Å². The van der Waals surface area contributed by atoms with Crippen LogP contribution in [0.1, 0.15) is 17.5 Å². The fourth-order valence-corrected chi connectivity index (χ4v) is 3.47. The van der Waals surface area contributed by atoms with Crippen molar-refractivity contribution in [2.75, 3.05) is 13.2 Å². The van der Waals surface area contributed by atoms with Gasteiger partial charge in [-0.15, -0.1) is 0 Å². The molecule has 1 aliphatic heterocycles. The van der Waals surface area contributed by atoms with Gasteiger partial charge in [-0.3, -0.25) is 0 Å². The zero-order valence-electron chi connectivity index (χ0n) is 11.3. The maximum atomic E-state index is 6.17. The lowest BCUT2D eigenvalue weighted by atomic mass is 9.72. The van der Waals surface area contributed by atoms with E-state index in [9.17, 15) is 0 Å². The molecule has 0 saturated heterocycles. The van der Waals surface area contributed by atoms with Crippen molar-refractivity contribution >= 4 is 15.9 Å². The predicted octanol–water partition coefficient (Wildman–Crippen LogP) is 3.67. The van der Waals surface area contributed by atoms with Gasteiger partial charge in [-0.25, -0.2) is 0 Å². The number of para-hydroxylation sites is 1. The molecule has 2 nitrogen and oxygen atoms in total. The Hall–Kier alpha value is -1.32. The Kier molecular flexibility index (Phi) is 3.81. The summed E-state index contributed by atoms with van der Waals surface area (Å²) in [5, 5.41) is 0. The van der Waals surface area contributed by atoms with Crippen LogP contribution in [0.15, 0.2) is 53.0 Å². The van der Waals surface area contributed by atoms with E-state index in [2.05, 4.69) is 52.3 Å². The number of rotatable bonds is 3. The predicted molar refractivity (Wildman–Crippen MR) is 85.1 cm³/mol. The Morgan fingerprint density at radius 2 is 2.00 bits per heavy atom. The summed E-state index contributed by atoms with van der Waals surface area (Å²) < 4.78 is 6.89. The van der Waals surface area contributed by atoms with E-state index in [4.69, 9.17) is 10.5 Å². The third-order valence-corrected chi connectivity index (χ3v) is 4.61. The molecule has 0 radical (unpaired) electrons. The molecule has 104 valence electrons. The second-order valence-corrected chi connectivity index (χ2v) is 6.30. The van der Waals surface area contributed by atoms with Gasteiger partial charge < -0.3 is 10.5 Å². The minimum atomic E-state index is -0.0182. The van der Waals surface area contributed by atoms with Crippen molar-refractivity contribution in [2.45, 2.75) is 18.3 Å². The van der Waals surface area contributed by atoms with Crippen molar-refractivity contribution < 1.29 is 4.74 Å². The van der Waals surface area contributed by atoms with Gasteiger partial charge in [0.15, 0.2) is 0 Å². The Morgan fingerprint density at radius 1 is 1.15 bits per heavy atom. The first kappa shape index (κ1) is 13.7. The molecule has 0 bridgehead atoms. The summed E-state index contributed by atoms with van der Waals surface area (Å²) in [5.41, 5.74) is 8.70. The number of fused-ring (bicyclic) bond motifs is 1. The van der Waals surface area contributed by atoms with E-state index in [0.29, 0.717) is 6.54 Å². The summed E-state index contributed by atoms with van der Waals surface area (Å²) in [7, 11) is 0. The van der Waals surface area contributed by atoms with Crippen LogP contribution in [-0.4, -0.2) is 13.2 Å². The lowest BCUT2D eigenvalue weighted by Gasteiger charge is -2.38. The molecule has 3 rings (SSSR count). The van der Waals surface area contributed by atoms with Gasteiger partial charge in [0, 0.05) is 22.0 Å². The monoisotopic (exact) mass is 331 g/mol. The Bertz CT molecular complexity index is 613. The molecule has 0 aliphatic carbocycles. The number of nitrogens with two attached hydrogens (primary N) is 1. The molecule has 2 aromatic rings. The first-order valence-corrected chi connectivity index (χ1v) is 7.70. The van der Waals surface area contributed by atoms with Crippen molar-refractivity contribution in [1.82, 2.24) is 0 Å². The SMILES string of the molecule is NCC1(Cc2cccc(Br)c2)CCOc2ccccc21. The summed E-state index contributed by atoms with van der Waals surface area (Å²) in [6.07, 6.45) is 1.91. The van der Waals surface area contributed by atoms with Crippen LogP contribution in [0.5, 0.6) is 5.75 Å². The zero-order chi connectivity index (χ0) is 14.0. The third-order valence-electron chi connectivity index (χ3n) is 4.12. The van der Waals surface area contributed by atoms with Gasteiger partial charge in [0.05, 0.1) is 6.61 Å². The minimum absolute atomic E-state index is 0.0182. The van der Waals surface area contributed by atoms with Crippen molar-refractivity contribution in [3.05, 3.63) is 64.1 Å². The van der Waals surface area contributed by atoms with Crippen molar-refractivity contribution in [3.8, 4) is 5.75 Å². The van der Waals surface area contributed by atoms with Gasteiger partial charge in [0.25, 0.3) is 0 Å². The molecule has 1 unspecified atom stereocenters. The Morgan fingerprint density at radius 3 is 2.80 bits per heavy atom. The molecule has 0 amide bonds. The van der Waals surface area contributed by atoms with Gasteiger partial charge in [-0.2, -0.15) is 0 Å². The van der Waals surface area contributed by atoms with Crippen LogP contribution in [0.25, 0.3) is 0 Å². The van der Waals surface area contributed by atoms with E-state index in [0.717, 1.165) is 29.7 Å². The summed E-state index contributed by atoms with van der Waals surface area (Å²) >= 11 is 3.54. The van der Waals surface area contributed by atoms with Crippen LogP contribution < -0.4 is 10.5 Å². The number of hydrogen-bond donors (Lipinski definition) is 1. The second-order valence-electron chi connectivity index (χ2n) is 5.39. The highest BCUT2D eigenvalue weighted by Crippen LogP contribution is 2.40. The number of hydrogen-bond acceptors (Lipinski definition) is 2. The molecule has 0 spiro atoms. The maximum Gasteiger partial charge on any atom is 0.123 e. The van der Waals surface area contributed by atoms with Crippen molar-refractivity contribution in [1.29, 1.82) is 0 Å². The Labute approximate surface area is 128 Å². The average molecular weight is 332 g/mol. The molecule has 2 N–H and O–H groups in total. The number of benzene rings is 2. The van der Waals surface area contributed by atoms with Gasteiger partial charge in [0.1, 0.15) is 5.75 Å². The van der Waals surface area contributed by atoms with Crippen LogP contribution in [0, 0.1) is 0 Å². The largest absolute Gasteiger partial charge is 0.493 e. The van der Waals surface area contributed by atoms with Crippen molar-refractivity contribution in [2.24, 2.45) is 5.73 Å². The molecule has 0 aromatic heterocycles. The van der Waals surface area contributed by atoms with E-state index in [1.54, 1.807) is 0 Å². The average Bonchev–Trinajstić information content (AvgIpc) is 2.47. The van der Waals surface area contributed by atoms with Gasteiger partial charge >= 0.3 is 0 Å². The number of halogens is 1. The topological polar surface area (TPSA) is 35.2 Å². The van der Waals surface area contributed by atoms with E-state index in [1.807, 2.05) is 12.1 Å². The highest BCUT2D eigenvalue weighted by atomic mass is 79.9. The van der Waals surface area contributed by atoms with E-state index >= 15 is 0 Å². The van der Waals surface area contributed by atoms with Crippen LogP contribution in [0.2, 0.25) is 0 Å². The minimum Gasteiger partial charge on any atom is -0.493 e. The third kappa shape index (κ3) is 2.48. The molecule has 1 atom stereocenters. The maximum absolute atomic E-state index is 6.17. The van der Waals surface area contributed by atoms with Crippen LogP contribution >= 0.6 is 15.9 Å². The van der Waals surface area contributed by atoms with Crippen LogP contribution in [-0.2, 0) is 11.8 Å². The zero-order valence-corrected chi connectivity index (χ0v) is 12.9. The molecule has 0 saturated carbocycles. The smallest absolute Gasteiger partial charge is 0.123 e. The quantitative estimate of drug-likeness (QED) is 0.931. The summed E-state index contributed by atoms with van der Waals surface area (Å²) in [6, 6.07) is 16.8. The molecule has 3 heteroatoms. The lowest BCUT2D eigenvalue weighted by molar-refractivity contribution is 0.215.